The van der Waals surface area contributed by atoms with Crippen LogP contribution in [-0.4, -0.2) is 9.38 Å². The van der Waals surface area contributed by atoms with E-state index in [0.29, 0.717) is 22.9 Å². The summed E-state index contributed by atoms with van der Waals surface area (Å²) in [7, 11) is 0. The number of hydrogen-bond acceptors (Lipinski definition) is 3. The maximum absolute atomic E-state index is 13.1. The highest BCUT2D eigenvalue weighted by atomic mass is 19.1. The lowest BCUT2D eigenvalue weighted by Crippen LogP contribution is -1.94. The van der Waals surface area contributed by atoms with E-state index in [1.54, 1.807) is 12.1 Å². The lowest BCUT2D eigenvalue weighted by atomic mass is 10.3. The zero-order valence-corrected chi connectivity index (χ0v) is 9.14. The molecule has 0 bridgehead atoms. The first-order chi connectivity index (χ1) is 8.15. The summed E-state index contributed by atoms with van der Waals surface area (Å²) in [6.07, 6.45) is 1.30. The molecule has 0 radical (unpaired) electrons. The zero-order valence-electron chi connectivity index (χ0n) is 9.14. The summed E-state index contributed by atoms with van der Waals surface area (Å²) < 4.78 is 20.1. The SMILES string of the molecule is Cc1ccc(-c2nc3ccc(F)cn3c2N)o1. The van der Waals surface area contributed by atoms with Gasteiger partial charge in [0.25, 0.3) is 0 Å². The Morgan fingerprint density at radius 2 is 2.12 bits per heavy atom. The third-order valence-electron chi connectivity index (χ3n) is 2.59. The molecule has 3 rings (SSSR count). The standard InChI is InChI=1S/C12H10FN3O/c1-7-2-4-9(17-7)11-12(14)16-6-8(13)3-5-10(16)15-11/h2-6H,14H2,1H3. The first-order valence-corrected chi connectivity index (χ1v) is 5.15. The van der Waals surface area contributed by atoms with E-state index in [0.717, 1.165) is 5.76 Å². The van der Waals surface area contributed by atoms with E-state index in [2.05, 4.69) is 4.98 Å². The van der Waals surface area contributed by atoms with Gasteiger partial charge in [-0.05, 0) is 31.2 Å². The van der Waals surface area contributed by atoms with Crippen molar-refractivity contribution in [1.82, 2.24) is 9.38 Å². The fourth-order valence-corrected chi connectivity index (χ4v) is 1.78. The highest BCUT2D eigenvalue weighted by molar-refractivity contribution is 5.71. The first kappa shape index (κ1) is 9.89. The van der Waals surface area contributed by atoms with Crippen molar-refractivity contribution < 1.29 is 8.81 Å². The van der Waals surface area contributed by atoms with Crippen LogP contribution in [0.5, 0.6) is 0 Å². The molecule has 0 aliphatic rings. The number of anilines is 1. The van der Waals surface area contributed by atoms with Crippen molar-refractivity contribution >= 4 is 11.5 Å². The molecule has 0 aliphatic carbocycles. The first-order valence-electron chi connectivity index (χ1n) is 5.15. The molecular formula is C12H10FN3O. The number of aryl methyl sites for hydroxylation is 1. The molecule has 0 saturated heterocycles. The maximum atomic E-state index is 13.1. The van der Waals surface area contributed by atoms with Gasteiger partial charge in [0, 0.05) is 6.20 Å². The van der Waals surface area contributed by atoms with Crippen LogP contribution in [0.3, 0.4) is 0 Å². The minimum atomic E-state index is -0.358. The van der Waals surface area contributed by atoms with E-state index in [-0.39, 0.29) is 5.82 Å². The number of nitrogens with zero attached hydrogens (tertiary/aromatic N) is 2. The predicted octanol–water partition coefficient (Wildman–Crippen LogP) is 2.62. The van der Waals surface area contributed by atoms with Crippen molar-refractivity contribution in [3.05, 3.63) is 42.0 Å². The van der Waals surface area contributed by atoms with Gasteiger partial charge in [0.2, 0.25) is 0 Å². The fraction of sp³-hybridized carbons (Fsp3) is 0.0833. The van der Waals surface area contributed by atoms with Gasteiger partial charge in [-0.1, -0.05) is 0 Å². The van der Waals surface area contributed by atoms with Crippen LogP contribution in [0, 0.1) is 12.7 Å². The summed E-state index contributed by atoms with van der Waals surface area (Å²) in [5, 5.41) is 0. The molecule has 4 nitrogen and oxygen atoms in total. The topological polar surface area (TPSA) is 56.5 Å². The van der Waals surface area contributed by atoms with Crippen LogP contribution in [0.25, 0.3) is 17.1 Å². The number of nitrogens with two attached hydrogens (primary N) is 1. The van der Waals surface area contributed by atoms with Crippen molar-refractivity contribution in [2.24, 2.45) is 0 Å². The van der Waals surface area contributed by atoms with E-state index < -0.39 is 0 Å². The number of halogens is 1. The minimum Gasteiger partial charge on any atom is -0.460 e. The zero-order chi connectivity index (χ0) is 12.0. The summed E-state index contributed by atoms with van der Waals surface area (Å²) in [6.45, 7) is 1.84. The Hall–Kier alpha value is -2.30. The molecule has 17 heavy (non-hydrogen) atoms. The van der Waals surface area contributed by atoms with Crippen LogP contribution in [0.4, 0.5) is 10.2 Å². The Bertz CT molecular complexity index is 699. The molecule has 86 valence electrons. The second-order valence-corrected chi connectivity index (χ2v) is 3.83. The van der Waals surface area contributed by atoms with Crippen molar-refractivity contribution in [3.8, 4) is 11.5 Å². The number of hydrogen-bond donors (Lipinski definition) is 1. The molecule has 3 aromatic rings. The van der Waals surface area contributed by atoms with E-state index >= 15 is 0 Å². The van der Waals surface area contributed by atoms with Gasteiger partial charge in [0.15, 0.2) is 5.76 Å². The number of imidazole rings is 1. The molecule has 0 amide bonds. The summed E-state index contributed by atoms with van der Waals surface area (Å²) >= 11 is 0. The maximum Gasteiger partial charge on any atom is 0.156 e. The third kappa shape index (κ3) is 1.47. The molecule has 0 spiro atoms. The van der Waals surface area contributed by atoms with Crippen LogP contribution >= 0.6 is 0 Å². The lowest BCUT2D eigenvalue weighted by molar-refractivity contribution is 0.547. The molecule has 3 aromatic heterocycles. The quantitative estimate of drug-likeness (QED) is 0.700. The van der Waals surface area contributed by atoms with Gasteiger partial charge in [0.1, 0.15) is 28.7 Å². The van der Waals surface area contributed by atoms with Crippen molar-refractivity contribution in [2.45, 2.75) is 6.92 Å². The number of aromatic nitrogens is 2. The van der Waals surface area contributed by atoms with Gasteiger partial charge in [-0.15, -0.1) is 0 Å². The van der Waals surface area contributed by atoms with Crippen LogP contribution in [0.2, 0.25) is 0 Å². The van der Waals surface area contributed by atoms with E-state index in [1.807, 2.05) is 13.0 Å². The van der Waals surface area contributed by atoms with Gasteiger partial charge < -0.3 is 10.2 Å². The lowest BCUT2D eigenvalue weighted by Gasteiger charge is -1.96. The Labute approximate surface area is 96.5 Å². The van der Waals surface area contributed by atoms with Gasteiger partial charge >= 0.3 is 0 Å². The van der Waals surface area contributed by atoms with Gasteiger partial charge in [0.05, 0.1) is 0 Å². The largest absolute Gasteiger partial charge is 0.460 e. The average molecular weight is 231 g/mol. The predicted molar refractivity (Wildman–Crippen MR) is 62.0 cm³/mol. The van der Waals surface area contributed by atoms with Crippen LogP contribution in [0.1, 0.15) is 5.76 Å². The van der Waals surface area contributed by atoms with Crippen molar-refractivity contribution in [2.75, 3.05) is 5.73 Å². The highest BCUT2D eigenvalue weighted by Gasteiger charge is 2.14. The molecule has 3 heterocycles. The van der Waals surface area contributed by atoms with Crippen LogP contribution < -0.4 is 5.73 Å². The van der Waals surface area contributed by atoms with E-state index in [4.69, 9.17) is 10.2 Å². The number of rotatable bonds is 1. The molecule has 0 saturated carbocycles. The van der Waals surface area contributed by atoms with Crippen molar-refractivity contribution in [1.29, 1.82) is 0 Å². The van der Waals surface area contributed by atoms with Crippen LogP contribution in [-0.2, 0) is 0 Å². The minimum absolute atomic E-state index is 0.358. The van der Waals surface area contributed by atoms with Crippen LogP contribution in [0.15, 0.2) is 34.9 Å². The third-order valence-corrected chi connectivity index (χ3v) is 2.59. The summed E-state index contributed by atoms with van der Waals surface area (Å²) in [5.74, 6) is 1.38. The van der Waals surface area contributed by atoms with E-state index in [9.17, 15) is 4.39 Å². The van der Waals surface area contributed by atoms with Gasteiger partial charge in [-0.3, -0.25) is 4.40 Å². The molecule has 0 aromatic carbocycles. The summed E-state index contributed by atoms with van der Waals surface area (Å²) in [4.78, 5) is 4.31. The normalized spacial score (nSPS) is 11.2. The van der Waals surface area contributed by atoms with Gasteiger partial charge in [-0.2, -0.15) is 0 Å². The number of furan rings is 1. The van der Waals surface area contributed by atoms with Gasteiger partial charge in [-0.25, -0.2) is 9.37 Å². The fourth-order valence-electron chi connectivity index (χ4n) is 1.78. The number of pyridine rings is 1. The average Bonchev–Trinajstić information content (AvgIpc) is 2.84. The number of nitrogen functional groups attached to an aromatic ring is 1. The molecule has 5 heteroatoms. The molecule has 0 unspecified atom stereocenters. The molecule has 0 fully saturated rings. The molecule has 0 atom stereocenters. The second-order valence-electron chi connectivity index (χ2n) is 3.83. The molecular weight excluding hydrogens is 221 g/mol. The Morgan fingerprint density at radius 3 is 2.82 bits per heavy atom. The Morgan fingerprint density at radius 1 is 1.29 bits per heavy atom. The Kier molecular flexibility index (Phi) is 1.95. The summed E-state index contributed by atoms with van der Waals surface area (Å²) in [6, 6.07) is 6.55. The Balaban J connectivity index is 2.27. The smallest absolute Gasteiger partial charge is 0.156 e. The second kappa shape index (κ2) is 3.35. The highest BCUT2D eigenvalue weighted by Crippen LogP contribution is 2.27. The monoisotopic (exact) mass is 231 g/mol. The number of fused-ring (bicyclic) bond motifs is 1. The molecule has 2 N–H and O–H groups in total. The summed E-state index contributed by atoms with van der Waals surface area (Å²) in [5.41, 5.74) is 7.04. The van der Waals surface area contributed by atoms with Crippen molar-refractivity contribution in [3.63, 3.8) is 0 Å². The molecule has 0 aliphatic heterocycles. The van der Waals surface area contributed by atoms with E-state index in [1.165, 1.54) is 16.7 Å².